The molecule has 2 rings (SSSR count). The van der Waals surface area contributed by atoms with Gasteiger partial charge in [-0.05, 0) is 61.5 Å². The van der Waals surface area contributed by atoms with Gasteiger partial charge in [0.1, 0.15) is 0 Å². The Bertz CT molecular complexity index is 561. The minimum absolute atomic E-state index is 0.644. The lowest BCUT2D eigenvalue weighted by molar-refractivity contribution is 0.847. The van der Waals surface area contributed by atoms with Gasteiger partial charge in [-0.25, -0.2) is 0 Å². The summed E-state index contributed by atoms with van der Waals surface area (Å²) >= 11 is 5.30. The Morgan fingerprint density at radius 3 is 2.55 bits per heavy atom. The van der Waals surface area contributed by atoms with Gasteiger partial charge in [-0.1, -0.05) is 12.1 Å². The zero-order valence-corrected chi connectivity index (χ0v) is 12.6. The van der Waals surface area contributed by atoms with E-state index in [1.54, 1.807) is 6.20 Å². The summed E-state index contributed by atoms with van der Waals surface area (Å²) in [5, 5.41) is 7.05. The van der Waals surface area contributed by atoms with E-state index in [1.165, 1.54) is 11.1 Å². The number of rotatable bonds is 4. The van der Waals surface area contributed by atoms with Crippen LogP contribution in [0.2, 0.25) is 0 Å². The van der Waals surface area contributed by atoms with Gasteiger partial charge in [0.25, 0.3) is 0 Å². The van der Waals surface area contributed by atoms with Crippen LogP contribution >= 0.6 is 12.2 Å². The molecule has 0 saturated carbocycles. The number of aromatic nitrogens is 1. The first kappa shape index (κ1) is 14.5. The fourth-order valence-electron chi connectivity index (χ4n) is 2.07. The summed E-state index contributed by atoms with van der Waals surface area (Å²) in [5.41, 5.74) is 4.54. The largest absolute Gasteiger partial charge is 0.362 e. The molecule has 0 aliphatic carbocycles. The fraction of sp³-hybridized carbons (Fsp3) is 0.250. The third-order valence-electron chi connectivity index (χ3n) is 2.87. The number of thiocarbonyl (C=S) groups is 1. The lowest BCUT2D eigenvalue weighted by atomic mass is 10.1. The zero-order valence-electron chi connectivity index (χ0n) is 11.8. The third kappa shape index (κ3) is 4.63. The average molecular weight is 285 g/mol. The smallest absolute Gasteiger partial charge is 0.170 e. The van der Waals surface area contributed by atoms with Crippen LogP contribution in [-0.4, -0.2) is 16.6 Å². The predicted octanol–water partition coefficient (Wildman–Crippen LogP) is 3.23. The van der Waals surface area contributed by atoms with Crippen LogP contribution < -0.4 is 10.6 Å². The fourth-order valence-corrected chi connectivity index (χ4v) is 2.29. The number of nitrogens with zero attached hydrogens (tertiary/aromatic N) is 1. The van der Waals surface area contributed by atoms with E-state index in [2.05, 4.69) is 47.7 Å². The molecule has 104 valence electrons. The topological polar surface area (TPSA) is 37.0 Å². The maximum absolute atomic E-state index is 5.30. The SMILES string of the molecule is Cc1cc(C)cc(NC(=S)NCCc2ccccn2)c1. The Morgan fingerprint density at radius 2 is 1.90 bits per heavy atom. The van der Waals surface area contributed by atoms with Crippen LogP contribution in [0.4, 0.5) is 5.69 Å². The van der Waals surface area contributed by atoms with Crippen molar-refractivity contribution in [3.8, 4) is 0 Å². The molecule has 1 heterocycles. The first-order valence-corrected chi connectivity index (χ1v) is 7.07. The molecule has 0 aliphatic rings. The van der Waals surface area contributed by atoms with Crippen molar-refractivity contribution in [2.75, 3.05) is 11.9 Å². The Labute approximate surface area is 125 Å². The van der Waals surface area contributed by atoms with Crippen molar-refractivity contribution in [1.82, 2.24) is 10.3 Å². The molecule has 0 aliphatic heterocycles. The maximum atomic E-state index is 5.30. The molecule has 0 atom stereocenters. The molecule has 0 fully saturated rings. The van der Waals surface area contributed by atoms with Gasteiger partial charge >= 0.3 is 0 Å². The summed E-state index contributed by atoms with van der Waals surface area (Å²) in [6.07, 6.45) is 2.66. The van der Waals surface area contributed by atoms with E-state index in [0.29, 0.717) is 5.11 Å². The van der Waals surface area contributed by atoms with Crippen LogP contribution in [0, 0.1) is 13.8 Å². The quantitative estimate of drug-likeness (QED) is 0.846. The van der Waals surface area contributed by atoms with Gasteiger partial charge in [0, 0.05) is 30.5 Å². The standard InChI is InChI=1S/C16H19N3S/c1-12-9-13(2)11-15(10-12)19-16(20)18-8-6-14-5-3-4-7-17-14/h3-5,7,9-11H,6,8H2,1-2H3,(H2,18,19,20). The molecule has 2 aromatic rings. The normalized spacial score (nSPS) is 10.1. The van der Waals surface area contributed by atoms with E-state index < -0.39 is 0 Å². The molecule has 0 unspecified atom stereocenters. The van der Waals surface area contributed by atoms with Gasteiger partial charge in [0.2, 0.25) is 0 Å². The summed E-state index contributed by atoms with van der Waals surface area (Å²) < 4.78 is 0. The number of benzene rings is 1. The highest BCUT2D eigenvalue weighted by Gasteiger charge is 2.00. The van der Waals surface area contributed by atoms with E-state index in [-0.39, 0.29) is 0 Å². The molecule has 2 N–H and O–H groups in total. The van der Waals surface area contributed by atoms with Gasteiger partial charge in [-0.3, -0.25) is 4.98 Å². The summed E-state index contributed by atoms with van der Waals surface area (Å²) in [4.78, 5) is 4.28. The third-order valence-corrected chi connectivity index (χ3v) is 3.12. The summed E-state index contributed by atoms with van der Waals surface area (Å²) in [6.45, 7) is 4.93. The second kappa shape index (κ2) is 7.01. The van der Waals surface area contributed by atoms with Crippen LogP contribution in [0.15, 0.2) is 42.6 Å². The lowest BCUT2D eigenvalue weighted by Crippen LogP contribution is -2.30. The minimum atomic E-state index is 0.644. The van der Waals surface area contributed by atoms with Gasteiger partial charge in [0.15, 0.2) is 5.11 Å². The van der Waals surface area contributed by atoms with E-state index in [0.717, 1.165) is 24.3 Å². The first-order chi connectivity index (χ1) is 9.63. The molecule has 0 bridgehead atoms. The summed E-state index contributed by atoms with van der Waals surface area (Å²) in [5.74, 6) is 0. The molecule has 3 nitrogen and oxygen atoms in total. The van der Waals surface area contributed by atoms with E-state index in [9.17, 15) is 0 Å². The number of nitrogens with one attached hydrogen (secondary N) is 2. The van der Waals surface area contributed by atoms with E-state index >= 15 is 0 Å². The summed E-state index contributed by atoms with van der Waals surface area (Å²) in [7, 11) is 0. The van der Waals surface area contributed by atoms with E-state index in [1.807, 2.05) is 18.2 Å². The molecule has 1 aromatic carbocycles. The van der Waals surface area contributed by atoms with Crippen molar-refractivity contribution in [2.45, 2.75) is 20.3 Å². The molecule has 1 aromatic heterocycles. The minimum Gasteiger partial charge on any atom is -0.362 e. The number of aryl methyl sites for hydroxylation is 2. The second-order valence-corrected chi connectivity index (χ2v) is 5.24. The van der Waals surface area contributed by atoms with Crippen molar-refractivity contribution in [1.29, 1.82) is 0 Å². The molecular formula is C16H19N3S. The van der Waals surface area contributed by atoms with Crippen LogP contribution in [0.1, 0.15) is 16.8 Å². The Kier molecular flexibility index (Phi) is 5.07. The number of hydrogen-bond acceptors (Lipinski definition) is 2. The lowest BCUT2D eigenvalue weighted by Gasteiger charge is -2.11. The van der Waals surface area contributed by atoms with Crippen LogP contribution in [0.5, 0.6) is 0 Å². The zero-order chi connectivity index (χ0) is 14.4. The number of anilines is 1. The molecule has 0 saturated heterocycles. The van der Waals surface area contributed by atoms with Gasteiger partial charge in [-0.15, -0.1) is 0 Å². The maximum Gasteiger partial charge on any atom is 0.170 e. The Morgan fingerprint density at radius 1 is 1.15 bits per heavy atom. The van der Waals surface area contributed by atoms with Gasteiger partial charge < -0.3 is 10.6 Å². The Balaban J connectivity index is 1.81. The second-order valence-electron chi connectivity index (χ2n) is 4.83. The monoisotopic (exact) mass is 285 g/mol. The Hall–Kier alpha value is -1.94. The van der Waals surface area contributed by atoms with Crippen LogP contribution in [-0.2, 0) is 6.42 Å². The van der Waals surface area contributed by atoms with Gasteiger partial charge in [-0.2, -0.15) is 0 Å². The van der Waals surface area contributed by atoms with Gasteiger partial charge in [0.05, 0.1) is 0 Å². The van der Waals surface area contributed by atoms with Crippen molar-refractivity contribution in [3.63, 3.8) is 0 Å². The van der Waals surface area contributed by atoms with Crippen molar-refractivity contribution in [3.05, 3.63) is 59.4 Å². The van der Waals surface area contributed by atoms with E-state index in [4.69, 9.17) is 12.2 Å². The summed E-state index contributed by atoms with van der Waals surface area (Å²) in [6, 6.07) is 12.2. The van der Waals surface area contributed by atoms with Crippen molar-refractivity contribution < 1.29 is 0 Å². The number of hydrogen-bond donors (Lipinski definition) is 2. The van der Waals surface area contributed by atoms with Crippen LogP contribution in [0.3, 0.4) is 0 Å². The molecule has 0 radical (unpaired) electrons. The highest BCUT2D eigenvalue weighted by Crippen LogP contribution is 2.13. The van der Waals surface area contributed by atoms with Crippen LogP contribution in [0.25, 0.3) is 0 Å². The molecule has 20 heavy (non-hydrogen) atoms. The number of pyridine rings is 1. The molecular weight excluding hydrogens is 266 g/mol. The molecule has 4 heteroatoms. The molecule has 0 amide bonds. The highest BCUT2D eigenvalue weighted by atomic mass is 32.1. The van der Waals surface area contributed by atoms with Crippen molar-refractivity contribution >= 4 is 23.0 Å². The first-order valence-electron chi connectivity index (χ1n) is 6.66. The average Bonchev–Trinajstić information content (AvgIpc) is 2.38. The molecule has 0 spiro atoms. The predicted molar refractivity (Wildman–Crippen MR) is 88.1 cm³/mol. The van der Waals surface area contributed by atoms with Crippen molar-refractivity contribution in [2.24, 2.45) is 0 Å². The highest BCUT2D eigenvalue weighted by molar-refractivity contribution is 7.80.